The Kier molecular flexibility index (Phi) is 7.35. The largest absolute Gasteiger partial charge is 0.326 e. The average Bonchev–Trinajstić information content (AvgIpc) is 2.97. The minimum absolute atomic E-state index is 0. The fourth-order valence-electron chi connectivity index (χ4n) is 2.47. The number of nitrogens with one attached hydrogen (secondary N) is 3. The summed E-state index contributed by atoms with van der Waals surface area (Å²) in [5.74, 6) is -0.00540. The molecule has 0 aromatic heterocycles. The summed E-state index contributed by atoms with van der Waals surface area (Å²) in [5, 5.41) is 9.01. The fraction of sp³-hybridized carbons (Fsp3) is 0.500. The SMILES string of the molecule is CCCC(=O)Nc1cccc(NC(=O)C2CCCN2)c1C.Cl. The van der Waals surface area contributed by atoms with Crippen LogP contribution in [0.1, 0.15) is 38.2 Å². The van der Waals surface area contributed by atoms with E-state index < -0.39 is 0 Å². The van der Waals surface area contributed by atoms with E-state index in [4.69, 9.17) is 0 Å². The van der Waals surface area contributed by atoms with Crippen molar-refractivity contribution in [1.82, 2.24) is 5.32 Å². The van der Waals surface area contributed by atoms with Gasteiger partial charge in [0.25, 0.3) is 0 Å². The van der Waals surface area contributed by atoms with Gasteiger partial charge in [0.1, 0.15) is 0 Å². The molecule has 1 heterocycles. The molecule has 0 saturated carbocycles. The van der Waals surface area contributed by atoms with Crippen LogP contribution in [0.25, 0.3) is 0 Å². The van der Waals surface area contributed by atoms with Crippen molar-refractivity contribution in [3.63, 3.8) is 0 Å². The summed E-state index contributed by atoms with van der Waals surface area (Å²) in [6.07, 6.45) is 3.22. The monoisotopic (exact) mass is 325 g/mol. The van der Waals surface area contributed by atoms with Gasteiger partial charge in [-0.15, -0.1) is 12.4 Å². The van der Waals surface area contributed by atoms with E-state index >= 15 is 0 Å². The van der Waals surface area contributed by atoms with Crippen molar-refractivity contribution in [3.8, 4) is 0 Å². The third-order valence-electron chi connectivity index (χ3n) is 3.72. The predicted octanol–water partition coefficient (Wildman–Crippen LogP) is 2.85. The Labute approximate surface area is 137 Å². The topological polar surface area (TPSA) is 70.2 Å². The zero-order valence-corrected chi connectivity index (χ0v) is 13.9. The molecular weight excluding hydrogens is 302 g/mol. The summed E-state index contributed by atoms with van der Waals surface area (Å²) in [7, 11) is 0. The minimum atomic E-state index is -0.109. The summed E-state index contributed by atoms with van der Waals surface area (Å²) in [6.45, 7) is 4.76. The van der Waals surface area contributed by atoms with Gasteiger partial charge in [-0.05, 0) is 50.4 Å². The maximum Gasteiger partial charge on any atom is 0.241 e. The van der Waals surface area contributed by atoms with Crippen LogP contribution in [-0.4, -0.2) is 24.4 Å². The first-order chi connectivity index (χ1) is 10.1. The summed E-state index contributed by atoms with van der Waals surface area (Å²) < 4.78 is 0. The summed E-state index contributed by atoms with van der Waals surface area (Å²) >= 11 is 0. The lowest BCUT2D eigenvalue weighted by Gasteiger charge is -2.15. The smallest absolute Gasteiger partial charge is 0.241 e. The van der Waals surface area contributed by atoms with E-state index in [1.807, 2.05) is 32.0 Å². The van der Waals surface area contributed by atoms with Crippen molar-refractivity contribution in [2.75, 3.05) is 17.2 Å². The third-order valence-corrected chi connectivity index (χ3v) is 3.72. The van der Waals surface area contributed by atoms with Crippen molar-refractivity contribution in [3.05, 3.63) is 23.8 Å². The molecule has 1 fully saturated rings. The lowest BCUT2D eigenvalue weighted by atomic mass is 10.1. The molecular formula is C16H24ClN3O2. The second kappa shape index (κ2) is 8.76. The predicted molar refractivity (Wildman–Crippen MR) is 91.6 cm³/mol. The van der Waals surface area contributed by atoms with Crippen LogP contribution in [0.2, 0.25) is 0 Å². The van der Waals surface area contributed by atoms with Crippen molar-refractivity contribution in [2.24, 2.45) is 0 Å². The molecule has 0 spiro atoms. The normalized spacial score (nSPS) is 16.7. The number of benzene rings is 1. The summed E-state index contributed by atoms with van der Waals surface area (Å²) in [4.78, 5) is 23.8. The quantitative estimate of drug-likeness (QED) is 0.779. The Balaban J connectivity index is 0.00000242. The van der Waals surface area contributed by atoms with Crippen molar-refractivity contribution in [1.29, 1.82) is 0 Å². The summed E-state index contributed by atoms with van der Waals surface area (Å²) in [5.41, 5.74) is 2.39. The van der Waals surface area contributed by atoms with Gasteiger partial charge >= 0.3 is 0 Å². The first kappa shape index (κ1) is 18.5. The number of hydrogen-bond donors (Lipinski definition) is 3. The average molecular weight is 326 g/mol. The van der Waals surface area contributed by atoms with Gasteiger partial charge in [0.15, 0.2) is 0 Å². The van der Waals surface area contributed by atoms with Gasteiger partial charge in [0.2, 0.25) is 11.8 Å². The number of anilines is 2. The van der Waals surface area contributed by atoms with Gasteiger partial charge in [-0.1, -0.05) is 13.0 Å². The molecule has 1 unspecified atom stereocenters. The van der Waals surface area contributed by atoms with Gasteiger partial charge < -0.3 is 16.0 Å². The lowest BCUT2D eigenvalue weighted by Crippen LogP contribution is -2.35. The maximum absolute atomic E-state index is 12.1. The molecule has 1 aliphatic heterocycles. The Morgan fingerprint density at radius 2 is 1.95 bits per heavy atom. The van der Waals surface area contributed by atoms with Crippen molar-refractivity contribution >= 4 is 35.6 Å². The molecule has 1 aromatic carbocycles. The van der Waals surface area contributed by atoms with Crippen LogP contribution in [0.5, 0.6) is 0 Å². The summed E-state index contributed by atoms with van der Waals surface area (Å²) in [6, 6.07) is 5.44. The van der Waals surface area contributed by atoms with Crippen LogP contribution in [0.4, 0.5) is 11.4 Å². The Morgan fingerprint density at radius 3 is 2.55 bits per heavy atom. The number of halogens is 1. The molecule has 5 nitrogen and oxygen atoms in total. The second-order valence-corrected chi connectivity index (χ2v) is 5.41. The highest BCUT2D eigenvalue weighted by atomic mass is 35.5. The third kappa shape index (κ3) is 4.71. The van der Waals surface area contributed by atoms with Gasteiger partial charge in [0.05, 0.1) is 6.04 Å². The Hall–Kier alpha value is -1.59. The molecule has 0 bridgehead atoms. The zero-order chi connectivity index (χ0) is 15.2. The van der Waals surface area contributed by atoms with E-state index in [0.717, 1.165) is 42.7 Å². The second-order valence-electron chi connectivity index (χ2n) is 5.41. The van der Waals surface area contributed by atoms with E-state index in [9.17, 15) is 9.59 Å². The van der Waals surface area contributed by atoms with Crippen molar-refractivity contribution < 1.29 is 9.59 Å². The van der Waals surface area contributed by atoms with Crippen LogP contribution < -0.4 is 16.0 Å². The molecule has 3 N–H and O–H groups in total. The number of carbonyl (C=O) groups excluding carboxylic acids is 2. The molecule has 2 amide bonds. The molecule has 0 aliphatic carbocycles. The van der Waals surface area contributed by atoms with Gasteiger partial charge in [-0.3, -0.25) is 9.59 Å². The van der Waals surface area contributed by atoms with Crippen LogP contribution in [0.3, 0.4) is 0 Å². The van der Waals surface area contributed by atoms with E-state index in [0.29, 0.717) is 6.42 Å². The van der Waals surface area contributed by atoms with Gasteiger partial charge in [-0.25, -0.2) is 0 Å². The van der Waals surface area contributed by atoms with Gasteiger partial charge in [-0.2, -0.15) is 0 Å². The molecule has 1 aromatic rings. The first-order valence-corrected chi connectivity index (χ1v) is 7.55. The molecule has 1 saturated heterocycles. The highest BCUT2D eigenvalue weighted by Gasteiger charge is 2.22. The van der Waals surface area contributed by atoms with E-state index in [1.165, 1.54) is 0 Å². The first-order valence-electron chi connectivity index (χ1n) is 7.55. The lowest BCUT2D eigenvalue weighted by molar-refractivity contribution is -0.118. The molecule has 1 atom stereocenters. The number of carbonyl (C=O) groups is 2. The maximum atomic E-state index is 12.1. The molecule has 1 aliphatic rings. The Morgan fingerprint density at radius 1 is 1.27 bits per heavy atom. The zero-order valence-electron chi connectivity index (χ0n) is 13.1. The molecule has 2 rings (SSSR count). The standard InChI is InChI=1S/C16H23N3O2.ClH/c1-3-6-15(20)18-12-7-4-8-13(11(12)2)19-16(21)14-9-5-10-17-14;/h4,7-8,14,17H,3,5-6,9-10H2,1-2H3,(H,18,20)(H,19,21);1H. The van der Waals surface area contributed by atoms with E-state index in [-0.39, 0.29) is 30.3 Å². The van der Waals surface area contributed by atoms with Gasteiger partial charge in [0, 0.05) is 17.8 Å². The highest BCUT2D eigenvalue weighted by molar-refractivity contribution is 5.98. The molecule has 0 radical (unpaired) electrons. The molecule has 22 heavy (non-hydrogen) atoms. The van der Waals surface area contributed by atoms with Crippen LogP contribution in [0, 0.1) is 6.92 Å². The van der Waals surface area contributed by atoms with E-state index in [2.05, 4.69) is 16.0 Å². The van der Waals surface area contributed by atoms with E-state index in [1.54, 1.807) is 0 Å². The van der Waals surface area contributed by atoms with Crippen LogP contribution >= 0.6 is 12.4 Å². The molecule has 6 heteroatoms. The van der Waals surface area contributed by atoms with Crippen molar-refractivity contribution in [2.45, 2.75) is 45.6 Å². The highest BCUT2D eigenvalue weighted by Crippen LogP contribution is 2.24. The number of hydrogen-bond acceptors (Lipinski definition) is 3. The number of rotatable bonds is 5. The molecule has 122 valence electrons. The minimum Gasteiger partial charge on any atom is -0.326 e. The fourth-order valence-corrected chi connectivity index (χ4v) is 2.47. The number of amides is 2. The van der Waals surface area contributed by atoms with Crippen LogP contribution in [-0.2, 0) is 9.59 Å². The van der Waals surface area contributed by atoms with Crippen LogP contribution in [0.15, 0.2) is 18.2 Å². The Bertz CT molecular complexity index is 528.